The van der Waals surface area contributed by atoms with E-state index in [-0.39, 0.29) is 41.5 Å². The van der Waals surface area contributed by atoms with Crippen molar-refractivity contribution >= 4 is 33.1 Å². The van der Waals surface area contributed by atoms with E-state index in [2.05, 4.69) is 40.3 Å². The second-order valence-corrected chi connectivity index (χ2v) is 12.2. The Kier molecular flexibility index (Phi) is 10.5. The average Bonchev–Trinajstić information content (AvgIpc) is 3.83. The van der Waals surface area contributed by atoms with Crippen LogP contribution in [0.5, 0.6) is 23.0 Å². The summed E-state index contributed by atoms with van der Waals surface area (Å²) in [6, 6.07) is 48.6. The molecule has 0 N–H and O–H groups in total. The molecule has 0 unspecified atom stereocenters. The Hall–Kier alpha value is -5.29. The van der Waals surface area contributed by atoms with Gasteiger partial charge in [0.05, 0.1) is 0 Å². The van der Waals surface area contributed by atoms with Crippen LogP contribution in [0.4, 0.5) is 0 Å². The molecule has 7 nitrogen and oxygen atoms in total. The van der Waals surface area contributed by atoms with E-state index in [9.17, 15) is 0 Å². The Morgan fingerprint density at radius 3 is 1.54 bits per heavy atom. The maximum atomic E-state index is 6.32. The molecule has 9 aromatic rings. The van der Waals surface area contributed by atoms with Crippen LogP contribution in [0.15, 0.2) is 139 Å². The van der Waals surface area contributed by atoms with Crippen molar-refractivity contribution in [2.45, 2.75) is 0 Å². The first kappa shape index (κ1) is 35.1. The van der Waals surface area contributed by atoms with Gasteiger partial charge < -0.3 is 24.0 Å². The maximum Gasteiger partial charge on any atom is 2.00 e. The molecule has 5 heterocycles. The van der Waals surface area contributed by atoms with Gasteiger partial charge >= 0.3 is 41.5 Å². The third-order valence-corrected chi connectivity index (χ3v) is 8.95. The average molecular weight is 963 g/mol. The minimum atomic E-state index is 0. The maximum absolute atomic E-state index is 6.32. The summed E-state index contributed by atoms with van der Waals surface area (Å²) in [4.78, 5) is 19.6. The van der Waals surface area contributed by atoms with E-state index in [0.29, 0.717) is 28.9 Å². The normalized spacial score (nSPS) is 10.8. The van der Waals surface area contributed by atoms with Crippen LogP contribution in [0.25, 0.3) is 60.7 Å². The van der Waals surface area contributed by atoms with Crippen molar-refractivity contribution in [3.63, 3.8) is 0 Å². The summed E-state index contributed by atoms with van der Waals surface area (Å²) in [5.41, 5.74) is 5.71. The van der Waals surface area contributed by atoms with Crippen molar-refractivity contribution in [1.29, 1.82) is 0 Å². The van der Waals surface area contributed by atoms with Crippen molar-refractivity contribution in [2.75, 3.05) is 0 Å². The number of pyridine rings is 2. The molecule has 9 rings (SSSR count). The second kappa shape index (κ2) is 15.5. The fourth-order valence-electron chi connectivity index (χ4n) is 5.75. The Morgan fingerprint density at radius 2 is 1.06 bits per heavy atom. The fourth-order valence-corrected chi connectivity index (χ4v) is 6.45. The van der Waals surface area contributed by atoms with E-state index in [1.165, 1.54) is 0 Å². The first-order valence-corrected chi connectivity index (χ1v) is 16.7. The van der Waals surface area contributed by atoms with Gasteiger partial charge in [-0.1, -0.05) is 53.5 Å². The van der Waals surface area contributed by atoms with Crippen LogP contribution in [-0.4, -0.2) is 24.5 Å². The van der Waals surface area contributed by atoms with Crippen LogP contribution >= 0.6 is 11.3 Å². The molecule has 0 bridgehead atoms. The third kappa shape index (κ3) is 7.10. The molecule has 0 aliphatic heterocycles. The first-order valence-electron chi connectivity index (χ1n) is 15.8. The van der Waals surface area contributed by atoms with Crippen LogP contribution in [-0.2, 0) is 41.5 Å². The van der Waals surface area contributed by atoms with Crippen LogP contribution < -0.4 is 9.47 Å². The van der Waals surface area contributed by atoms with Gasteiger partial charge in [0.25, 0.3) is 0 Å². The van der Waals surface area contributed by atoms with Crippen LogP contribution in [0, 0.1) is 24.3 Å². The molecule has 0 aliphatic carbocycles. The molecule has 0 amide bonds. The third-order valence-electron chi connectivity index (χ3n) is 8.04. The molecule has 0 atom stereocenters. The van der Waals surface area contributed by atoms with Crippen molar-refractivity contribution in [3.05, 3.63) is 164 Å². The number of rotatable bonds is 8. The molecular formula is C42H23N5O2PdPtS. The van der Waals surface area contributed by atoms with Crippen molar-refractivity contribution in [1.82, 2.24) is 24.5 Å². The zero-order valence-corrected chi connectivity index (χ0v) is 31.5. The summed E-state index contributed by atoms with van der Waals surface area (Å²) >= 11 is 1.64. The summed E-state index contributed by atoms with van der Waals surface area (Å²) in [5.74, 6) is 2.61. The molecular weight excluding hydrogens is 940 g/mol. The van der Waals surface area contributed by atoms with Crippen LogP contribution in [0.3, 0.4) is 0 Å². The molecule has 254 valence electrons. The number of nitrogens with zero attached hydrogens (tertiary/aromatic N) is 5. The predicted molar refractivity (Wildman–Crippen MR) is 195 cm³/mol. The topological polar surface area (TPSA) is 75.0 Å². The Morgan fingerprint density at radius 1 is 0.519 bits per heavy atom. The van der Waals surface area contributed by atoms with Gasteiger partial charge in [-0.05, 0) is 35.0 Å². The van der Waals surface area contributed by atoms with Crippen LogP contribution in [0.1, 0.15) is 0 Å². The number of aromatic nitrogens is 5. The smallest absolute Gasteiger partial charge is 0.503 e. The monoisotopic (exact) mass is 962 g/mol. The first-order chi connectivity index (χ1) is 24.7. The zero-order chi connectivity index (χ0) is 33.3. The fraction of sp³-hybridized carbons (Fsp3) is 0. The van der Waals surface area contributed by atoms with E-state index in [1.807, 2.05) is 125 Å². The molecule has 0 fully saturated rings. The van der Waals surface area contributed by atoms with E-state index in [4.69, 9.17) is 19.4 Å². The molecule has 0 saturated carbocycles. The van der Waals surface area contributed by atoms with Gasteiger partial charge in [-0.3, -0.25) is 0 Å². The molecule has 0 spiro atoms. The molecule has 4 aromatic carbocycles. The van der Waals surface area contributed by atoms with E-state index < -0.39 is 0 Å². The molecule has 0 radical (unpaired) electrons. The second-order valence-electron chi connectivity index (χ2n) is 11.2. The minimum absolute atomic E-state index is 0. The van der Waals surface area contributed by atoms with E-state index in [1.54, 1.807) is 23.7 Å². The molecule has 0 aliphatic rings. The molecule has 5 aromatic heterocycles. The number of fused-ring (bicyclic) bond motifs is 3. The van der Waals surface area contributed by atoms with Gasteiger partial charge in [0, 0.05) is 58.2 Å². The Balaban J connectivity index is 0.00000210. The largest absolute Gasteiger partial charge is 2.00 e. The van der Waals surface area contributed by atoms with Crippen molar-refractivity contribution in [3.8, 4) is 61.9 Å². The summed E-state index contributed by atoms with van der Waals surface area (Å²) in [6.07, 6.45) is 7.19. The molecule has 52 heavy (non-hydrogen) atoms. The standard InChI is InChI=1S/C42H23N5O2S.Pd.Pt/c1-3-19-43-37(12-1)28-8-5-10-31(22-28)48-33-15-17-35-36-18-16-34(49-32-11-6-9-29(23-32)38-13-2-4-20-44-38)25-40(36)47(39(35)24-33)42-45-26-30(27-46-42)41-14-7-21-50-41;;/h1-21,26-27H;;/q-4;2*+2. The Bertz CT molecular complexity index is 2460. The Labute approximate surface area is 331 Å². The van der Waals surface area contributed by atoms with Gasteiger partial charge in [-0.15, -0.1) is 83.1 Å². The number of hydrogen-bond donors (Lipinski definition) is 0. The summed E-state index contributed by atoms with van der Waals surface area (Å²) in [6.45, 7) is 0. The summed E-state index contributed by atoms with van der Waals surface area (Å²) in [7, 11) is 0. The number of benzene rings is 4. The number of hydrogen-bond acceptors (Lipinski definition) is 7. The zero-order valence-electron chi connectivity index (χ0n) is 26.9. The van der Waals surface area contributed by atoms with Gasteiger partial charge in [0.15, 0.2) is 0 Å². The molecule has 0 saturated heterocycles. The number of ether oxygens (including phenoxy) is 2. The van der Waals surface area contributed by atoms with Crippen LogP contribution in [0.2, 0.25) is 0 Å². The van der Waals surface area contributed by atoms with Gasteiger partial charge in [-0.25, -0.2) is 9.97 Å². The van der Waals surface area contributed by atoms with E-state index >= 15 is 0 Å². The van der Waals surface area contributed by atoms with Crippen molar-refractivity contribution in [2.24, 2.45) is 0 Å². The SMILES string of the molecule is [Pd+2].[Pt+2].[c-]1c(Oc2[c-]c3c(cc2)c2ccc(Oc4[c-]c(-c5ccccn5)ccc4)[c-]c2n3-c2ncc(-c3cccs3)cn2)cccc1-c1ccccn1. The molecule has 10 heteroatoms. The van der Waals surface area contributed by atoms with Gasteiger partial charge in [0.2, 0.25) is 5.95 Å². The summed E-state index contributed by atoms with van der Waals surface area (Å²) in [5, 5.41) is 3.92. The van der Waals surface area contributed by atoms with Gasteiger partial charge in [-0.2, -0.15) is 22.9 Å². The van der Waals surface area contributed by atoms with Gasteiger partial charge in [0.1, 0.15) is 0 Å². The summed E-state index contributed by atoms with van der Waals surface area (Å²) < 4.78 is 14.6. The van der Waals surface area contributed by atoms with E-state index in [0.717, 1.165) is 54.8 Å². The van der Waals surface area contributed by atoms with Crippen molar-refractivity contribution < 1.29 is 51.0 Å². The predicted octanol–water partition coefficient (Wildman–Crippen LogP) is 10.2. The number of thiophene rings is 1. The quantitative estimate of drug-likeness (QED) is 0.112. The minimum Gasteiger partial charge on any atom is -0.503 e.